The van der Waals surface area contributed by atoms with Crippen molar-refractivity contribution in [1.82, 2.24) is 9.55 Å². The second kappa shape index (κ2) is 5.48. The highest BCUT2D eigenvalue weighted by Crippen LogP contribution is 2.33. The predicted molar refractivity (Wildman–Crippen MR) is 79.6 cm³/mol. The van der Waals surface area contributed by atoms with Gasteiger partial charge in [0, 0.05) is 6.42 Å². The number of carbonyl (C=O) groups is 1. The van der Waals surface area contributed by atoms with Gasteiger partial charge in [-0.2, -0.15) is 0 Å². The molecule has 2 aromatic rings. The summed E-state index contributed by atoms with van der Waals surface area (Å²) < 4.78 is 2.06. The summed E-state index contributed by atoms with van der Waals surface area (Å²) in [6.07, 6.45) is 4.23. The molecule has 1 aromatic carbocycles. The first kappa shape index (κ1) is 14.1. The first-order chi connectivity index (χ1) is 10.1. The molecule has 21 heavy (non-hydrogen) atoms. The normalized spacial score (nSPS) is 22.6. The van der Waals surface area contributed by atoms with E-state index in [-0.39, 0.29) is 17.7 Å². The number of aryl methyl sites for hydroxylation is 1. The predicted octanol–water partition coefficient (Wildman–Crippen LogP) is 2.77. The van der Waals surface area contributed by atoms with Crippen molar-refractivity contribution >= 4 is 17.0 Å². The maximum Gasteiger partial charge on any atom is 0.335 e. The van der Waals surface area contributed by atoms with E-state index in [1.807, 2.05) is 6.92 Å². The third-order valence-electron chi connectivity index (χ3n) is 4.35. The van der Waals surface area contributed by atoms with Crippen molar-refractivity contribution < 1.29 is 15.0 Å². The molecule has 2 N–H and O–H groups in total. The molecule has 5 nitrogen and oxygen atoms in total. The van der Waals surface area contributed by atoms with Gasteiger partial charge in [-0.3, -0.25) is 0 Å². The molecule has 1 saturated carbocycles. The molecular weight excluding hydrogens is 268 g/mol. The van der Waals surface area contributed by atoms with Crippen LogP contribution in [0.4, 0.5) is 0 Å². The maximum absolute atomic E-state index is 11.2. The average Bonchev–Trinajstić information content (AvgIpc) is 2.85. The summed E-state index contributed by atoms with van der Waals surface area (Å²) in [4.78, 5) is 15.8. The van der Waals surface area contributed by atoms with Crippen molar-refractivity contribution in [2.75, 3.05) is 0 Å². The van der Waals surface area contributed by atoms with Gasteiger partial charge in [-0.05, 0) is 31.0 Å². The first-order valence-corrected chi connectivity index (χ1v) is 7.54. The highest BCUT2D eigenvalue weighted by atomic mass is 16.4. The Morgan fingerprint density at radius 1 is 1.38 bits per heavy atom. The molecule has 112 valence electrons. The fourth-order valence-corrected chi connectivity index (χ4v) is 3.29. The van der Waals surface area contributed by atoms with Gasteiger partial charge in [0.05, 0.1) is 28.7 Å². The molecule has 1 aromatic heterocycles. The summed E-state index contributed by atoms with van der Waals surface area (Å²) in [5.74, 6) is -0.0228. The van der Waals surface area contributed by atoms with E-state index in [9.17, 15) is 15.0 Å². The Morgan fingerprint density at radius 3 is 2.81 bits per heavy atom. The molecule has 1 heterocycles. The van der Waals surface area contributed by atoms with Crippen LogP contribution in [0.2, 0.25) is 0 Å². The average molecular weight is 288 g/mol. The van der Waals surface area contributed by atoms with Gasteiger partial charge in [0.15, 0.2) is 0 Å². The molecule has 0 bridgehead atoms. The maximum atomic E-state index is 11.2. The molecule has 0 saturated heterocycles. The number of aliphatic hydroxyl groups is 1. The molecule has 1 fully saturated rings. The molecule has 1 aliphatic rings. The zero-order chi connectivity index (χ0) is 15.0. The molecule has 5 heteroatoms. The van der Waals surface area contributed by atoms with E-state index in [1.54, 1.807) is 18.2 Å². The molecule has 1 aliphatic carbocycles. The van der Waals surface area contributed by atoms with Gasteiger partial charge in [0.25, 0.3) is 0 Å². The van der Waals surface area contributed by atoms with Crippen molar-refractivity contribution in [2.24, 2.45) is 0 Å². The molecular formula is C16H20N2O3. The SMILES string of the molecule is CCc1nc2ccc(C(=O)O)cc2n1C1CCCCC1O. The van der Waals surface area contributed by atoms with Crippen molar-refractivity contribution in [3.05, 3.63) is 29.6 Å². The minimum Gasteiger partial charge on any atom is -0.478 e. The van der Waals surface area contributed by atoms with Crippen LogP contribution in [-0.2, 0) is 6.42 Å². The van der Waals surface area contributed by atoms with Gasteiger partial charge in [-0.25, -0.2) is 9.78 Å². The Kier molecular flexibility index (Phi) is 3.68. The zero-order valence-electron chi connectivity index (χ0n) is 12.1. The van der Waals surface area contributed by atoms with E-state index in [0.29, 0.717) is 0 Å². The summed E-state index contributed by atoms with van der Waals surface area (Å²) in [6, 6.07) is 5.01. The Balaban J connectivity index is 2.17. The van der Waals surface area contributed by atoms with Crippen LogP contribution in [0, 0.1) is 0 Å². The number of aromatic nitrogens is 2. The van der Waals surface area contributed by atoms with Crippen LogP contribution in [0.15, 0.2) is 18.2 Å². The van der Waals surface area contributed by atoms with Crippen molar-refractivity contribution in [2.45, 2.75) is 51.2 Å². The van der Waals surface area contributed by atoms with Crippen molar-refractivity contribution in [1.29, 1.82) is 0 Å². The van der Waals surface area contributed by atoms with Crippen LogP contribution >= 0.6 is 0 Å². The molecule has 0 radical (unpaired) electrons. The number of rotatable bonds is 3. The minimum absolute atomic E-state index is 0.00254. The van der Waals surface area contributed by atoms with Gasteiger partial charge < -0.3 is 14.8 Å². The lowest BCUT2D eigenvalue weighted by Crippen LogP contribution is -2.28. The van der Waals surface area contributed by atoms with E-state index >= 15 is 0 Å². The summed E-state index contributed by atoms with van der Waals surface area (Å²) in [6.45, 7) is 2.03. The number of carboxylic acid groups (broad SMARTS) is 1. The monoisotopic (exact) mass is 288 g/mol. The Labute approximate surface area is 123 Å². The van der Waals surface area contributed by atoms with Crippen LogP contribution in [-0.4, -0.2) is 31.8 Å². The highest BCUT2D eigenvalue weighted by molar-refractivity contribution is 5.92. The van der Waals surface area contributed by atoms with Crippen LogP contribution in [0.3, 0.4) is 0 Å². The number of benzene rings is 1. The summed E-state index contributed by atoms with van der Waals surface area (Å²) >= 11 is 0. The number of hydrogen-bond acceptors (Lipinski definition) is 3. The van der Waals surface area contributed by atoms with E-state index in [2.05, 4.69) is 9.55 Å². The van der Waals surface area contributed by atoms with E-state index < -0.39 is 5.97 Å². The van der Waals surface area contributed by atoms with Crippen molar-refractivity contribution in [3.8, 4) is 0 Å². The Morgan fingerprint density at radius 2 is 2.14 bits per heavy atom. The second-order valence-electron chi connectivity index (χ2n) is 5.68. The highest BCUT2D eigenvalue weighted by Gasteiger charge is 2.28. The number of aliphatic hydroxyl groups excluding tert-OH is 1. The number of imidazole rings is 1. The van der Waals surface area contributed by atoms with E-state index in [1.165, 1.54) is 0 Å². The summed E-state index contributed by atoms with van der Waals surface area (Å²) in [5.41, 5.74) is 1.88. The smallest absolute Gasteiger partial charge is 0.335 e. The number of carboxylic acids is 1. The van der Waals surface area contributed by atoms with Crippen LogP contribution in [0.25, 0.3) is 11.0 Å². The fraction of sp³-hybridized carbons (Fsp3) is 0.500. The quantitative estimate of drug-likeness (QED) is 0.910. The third kappa shape index (κ3) is 2.42. The zero-order valence-corrected chi connectivity index (χ0v) is 12.1. The van der Waals surface area contributed by atoms with Crippen molar-refractivity contribution in [3.63, 3.8) is 0 Å². The van der Waals surface area contributed by atoms with Gasteiger partial charge in [0.2, 0.25) is 0 Å². The second-order valence-corrected chi connectivity index (χ2v) is 5.68. The molecule has 2 atom stereocenters. The van der Waals surface area contributed by atoms with Gasteiger partial charge >= 0.3 is 5.97 Å². The number of nitrogens with zero attached hydrogens (tertiary/aromatic N) is 2. The van der Waals surface area contributed by atoms with Gasteiger partial charge in [-0.1, -0.05) is 19.8 Å². The summed E-state index contributed by atoms with van der Waals surface area (Å²) in [5, 5.41) is 19.5. The van der Waals surface area contributed by atoms with Gasteiger partial charge in [-0.15, -0.1) is 0 Å². The third-order valence-corrected chi connectivity index (χ3v) is 4.35. The minimum atomic E-state index is -0.938. The molecule has 0 spiro atoms. The Hall–Kier alpha value is -1.88. The molecule has 0 amide bonds. The van der Waals surface area contributed by atoms with Gasteiger partial charge in [0.1, 0.15) is 5.82 Å². The first-order valence-electron chi connectivity index (χ1n) is 7.54. The summed E-state index contributed by atoms with van der Waals surface area (Å²) in [7, 11) is 0. The lowest BCUT2D eigenvalue weighted by atomic mass is 9.92. The molecule has 3 rings (SSSR count). The lowest BCUT2D eigenvalue weighted by Gasteiger charge is -2.30. The molecule has 0 aliphatic heterocycles. The Bertz CT molecular complexity index is 677. The topological polar surface area (TPSA) is 75.3 Å². The van der Waals surface area contributed by atoms with Crippen LogP contribution in [0.1, 0.15) is 54.8 Å². The number of fused-ring (bicyclic) bond motifs is 1. The van der Waals surface area contributed by atoms with Crippen LogP contribution in [0.5, 0.6) is 0 Å². The number of hydrogen-bond donors (Lipinski definition) is 2. The number of aromatic carboxylic acids is 1. The van der Waals surface area contributed by atoms with E-state index in [4.69, 9.17) is 0 Å². The van der Waals surface area contributed by atoms with E-state index in [0.717, 1.165) is 49.0 Å². The van der Waals surface area contributed by atoms with Crippen LogP contribution < -0.4 is 0 Å². The standard InChI is InChI=1S/C16H20N2O3/c1-2-15-17-11-8-7-10(16(20)21)9-13(11)18(15)12-5-3-4-6-14(12)19/h7-9,12,14,19H,2-6H2,1H3,(H,20,21). The fourth-order valence-electron chi connectivity index (χ4n) is 3.29. The lowest BCUT2D eigenvalue weighted by molar-refractivity contribution is 0.0697. The largest absolute Gasteiger partial charge is 0.478 e. The molecule has 2 unspecified atom stereocenters.